The zero-order valence-electron chi connectivity index (χ0n) is 13.5. The van der Waals surface area contributed by atoms with Crippen molar-refractivity contribution >= 4 is 22.7 Å². The normalized spacial score (nSPS) is 12.1. The van der Waals surface area contributed by atoms with E-state index in [-0.39, 0.29) is 10.8 Å². The Morgan fingerprint density at radius 3 is 2.71 bits per heavy atom. The molecule has 0 radical (unpaired) electrons. The Hall–Kier alpha value is -2.72. The van der Waals surface area contributed by atoms with Gasteiger partial charge in [0.05, 0.1) is 21.8 Å². The molecule has 6 nitrogen and oxygen atoms in total. The van der Waals surface area contributed by atoms with E-state index in [1.54, 1.807) is 19.9 Å². The van der Waals surface area contributed by atoms with E-state index in [2.05, 4.69) is 26.0 Å². The lowest BCUT2D eigenvalue weighted by Gasteiger charge is -2.12. The Kier molecular flexibility index (Phi) is 4.32. The van der Waals surface area contributed by atoms with Crippen LogP contribution in [0.25, 0.3) is 10.9 Å². The fourth-order valence-electron chi connectivity index (χ4n) is 2.42. The highest BCUT2D eigenvalue weighted by Crippen LogP contribution is 2.34. The molecule has 7 heteroatoms. The van der Waals surface area contributed by atoms with Crippen molar-refractivity contribution in [2.75, 3.05) is 0 Å². The van der Waals surface area contributed by atoms with Crippen molar-refractivity contribution in [3.63, 3.8) is 0 Å². The molecule has 0 aliphatic carbocycles. The Morgan fingerprint density at radius 2 is 1.96 bits per heavy atom. The number of aromatic amines is 1. The number of aryl methyl sites for hydroxylation is 2. The summed E-state index contributed by atoms with van der Waals surface area (Å²) in [5.74, 6) is 1.17. The molecular weight excluding hydrogens is 322 g/mol. The molecule has 1 unspecified atom stereocenters. The number of para-hydroxylation sites is 1. The minimum atomic E-state index is -0.168. The summed E-state index contributed by atoms with van der Waals surface area (Å²) in [5, 5.41) is 10.3. The lowest BCUT2D eigenvalue weighted by Crippen LogP contribution is -2.13. The van der Waals surface area contributed by atoms with E-state index in [1.165, 1.54) is 11.8 Å². The third-order valence-corrected chi connectivity index (χ3v) is 4.68. The topological polar surface area (TPSA) is 95.3 Å². The monoisotopic (exact) mass is 337 g/mol. The molecule has 0 aliphatic rings. The van der Waals surface area contributed by atoms with Gasteiger partial charge in [0.15, 0.2) is 0 Å². The summed E-state index contributed by atoms with van der Waals surface area (Å²) in [4.78, 5) is 28.1. The molecule has 1 atom stereocenters. The van der Waals surface area contributed by atoms with Crippen molar-refractivity contribution in [2.24, 2.45) is 0 Å². The Bertz CT molecular complexity index is 1020. The standard InChI is InChI=1S/C17H15N5OS/c1-9-13(8-18)17(20-11(3)19-9)24-10(2)15-21-14-7-5-4-6-12(14)16(23)22-15/h4-7,10H,1-3H3,(H,21,22,23). The summed E-state index contributed by atoms with van der Waals surface area (Å²) >= 11 is 1.39. The van der Waals surface area contributed by atoms with Crippen molar-refractivity contribution in [3.8, 4) is 6.07 Å². The minimum absolute atomic E-state index is 0.164. The predicted molar refractivity (Wildman–Crippen MR) is 92.9 cm³/mol. The fraction of sp³-hybridized carbons (Fsp3) is 0.235. The van der Waals surface area contributed by atoms with Crippen LogP contribution in [0, 0.1) is 25.2 Å². The summed E-state index contributed by atoms with van der Waals surface area (Å²) in [5.41, 5.74) is 1.60. The van der Waals surface area contributed by atoms with E-state index in [1.807, 2.05) is 25.1 Å². The van der Waals surface area contributed by atoms with Crippen LogP contribution in [0.1, 0.15) is 35.1 Å². The maximum atomic E-state index is 12.2. The molecule has 1 aromatic carbocycles. The zero-order chi connectivity index (χ0) is 17.3. The first-order valence-electron chi connectivity index (χ1n) is 7.40. The van der Waals surface area contributed by atoms with Crippen molar-refractivity contribution in [3.05, 3.63) is 57.5 Å². The number of hydrogen-bond acceptors (Lipinski definition) is 6. The smallest absolute Gasteiger partial charge is 0.258 e. The molecule has 2 heterocycles. The van der Waals surface area contributed by atoms with Gasteiger partial charge < -0.3 is 4.98 Å². The second kappa shape index (κ2) is 6.42. The van der Waals surface area contributed by atoms with E-state index in [0.29, 0.717) is 38.8 Å². The maximum Gasteiger partial charge on any atom is 0.258 e. The molecule has 0 amide bonds. The van der Waals surface area contributed by atoms with E-state index >= 15 is 0 Å². The van der Waals surface area contributed by atoms with Gasteiger partial charge in [-0.15, -0.1) is 0 Å². The summed E-state index contributed by atoms with van der Waals surface area (Å²) < 4.78 is 0. The van der Waals surface area contributed by atoms with Crippen LogP contribution in [-0.4, -0.2) is 19.9 Å². The molecule has 2 aromatic heterocycles. The Morgan fingerprint density at radius 1 is 1.21 bits per heavy atom. The number of nitriles is 1. The number of rotatable bonds is 3. The van der Waals surface area contributed by atoms with Gasteiger partial charge in [0, 0.05) is 0 Å². The van der Waals surface area contributed by atoms with Gasteiger partial charge >= 0.3 is 0 Å². The third-order valence-electron chi connectivity index (χ3n) is 3.58. The average Bonchev–Trinajstić information content (AvgIpc) is 2.54. The van der Waals surface area contributed by atoms with Crippen LogP contribution in [0.3, 0.4) is 0 Å². The van der Waals surface area contributed by atoms with Gasteiger partial charge in [0.1, 0.15) is 28.3 Å². The molecule has 24 heavy (non-hydrogen) atoms. The average molecular weight is 337 g/mol. The zero-order valence-corrected chi connectivity index (χ0v) is 14.3. The van der Waals surface area contributed by atoms with Crippen molar-refractivity contribution in [1.82, 2.24) is 19.9 Å². The number of thioether (sulfide) groups is 1. The van der Waals surface area contributed by atoms with Gasteiger partial charge in [-0.2, -0.15) is 5.26 Å². The van der Waals surface area contributed by atoms with Crippen molar-refractivity contribution < 1.29 is 0 Å². The first-order valence-corrected chi connectivity index (χ1v) is 8.28. The number of nitrogens with one attached hydrogen (secondary N) is 1. The molecule has 120 valence electrons. The minimum Gasteiger partial charge on any atom is -0.309 e. The summed E-state index contributed by atoms with van der Waals surface area (Å²) in [7, 11) is 0. The highest BCUT2D eigenvalue weighted by Gasteiger charge is 2.17. The number of benzene rings is 1. The first kappa shape index (κ1) is 16.1. The van der Waals surface area contributed by atoms with Crippen LogP contribution in [0.5, 0.6) is 0 Å². The maximum absolute atomic E-state index is 12.2. The lowest BCUT2D eigenvalue weighted by atomic mass is 10.2. The molecule has 1 N–H and O–H groups in total. The second-order valence-corrected chi connectivity index (χ2v) is 6.71. The highest BCUT2D eigenvalue weighted by atomic mass is 32.2. The SMILES string of the molecule is Cc1nc(C)c(C#N)c(SC(C)c2nc3ccccc3c(=O)[nH]2)n1. The molecular formula is C17H15N5OS. The molecule has 0 spiro atoms. The predicted octanol–water partition coefficient (Wildman–Crippen LogP) is 3.05. The van der Waals surface area contributed by atoms with Crippen LogP contribution < -0.4 is 5.56 Å². The third kappa shape index (κ3) is 3.01. The molecule has 0 saturated heterocycles. The van der Waals surface area contributed by atoms with Gasteiger partial charge in [-0.1, -0.05) is 23.9 Å². The van der Waals surface area contributed by atoms with Crippen LogP contribution in [0.4, 0.5) is 0 Å². The number of nitrogens with zero attached hydrogens (tertiary/aromatic N) is 4. The van der Waals surface area contributed by atoms with E-state index in [9.17, 15) is 10.1 Å². The molecule has 3 rings (SSSR count). The lowest BCUT2D eigenvalue weighted by molar-refractivity contribution is 0.895. The molecule has 0 fully saturated rings. The fourth-order valence-corrected chi connectivity index (χ4v) is 3.47. The number of hydrogen-bond donors (Lipinski definition) is 1. The second-order valence-electron chi connectivity index (χ2n) is 5.38. The molecule has 0 aliphatic heterocycles. The van der Waals surface area contributed by atoms with Crippen molar-refractivity contribution in [2.45, 2.75) is 31.0 Å². The summed E-state index contributed by atoms with van der Waals surface area (Å²) in [6.45, 7) is 5.50. The Balaban J connectivity index is 2.01. The number of H-pyrrole nitrogens is 1. The highest BCUT2D eigenvalue weighted by molar-refractivity contribution is 7.99. The first-order chi connectivity index (χ1) is 11.5. The number of fused-ring (bicyclic) bond motifs is 1. The van der Waals surface area contributed by atoms with Crippen molar-refractivity contribution in [1.29, 1.82) is 5.26 Å². The summed E-state index contributed by atoms with van der Waals surface area (Å²) in [6.07, 6.45) is 0. The number of aromatic nitrogens is 4. The van der Waals surface area contributed by atoms with Crippen LogP contribution >= 0.6 is 11.8 Å². The van der Waals surface area contributed by atoms with Crippen LogP contribution in [0.15, 0.2) is 34.1 Å². The molecule has 0 saturated carbocycles. The Labute approximate surface area is 143 Å². The van der Waals surface area contributed by atoms with Gasteiger partial charge in [0.25, 0.3) is 5.56 Å². The van der Waals surface area contributed by atoms with Gasteiger partial charge in [-0.25, -0.2) is 15.0 Å². The van der Waals surface area contributed by atoms with Gasteiger partial charge in [-0.05, 0) is 32.9 Å². The van der Waals surface area contributed by atoms with E-state index in [4.69, 9.17) is 0 Å². The van der Waals surface area contributed by atoms with Crippen LogP contribution in [-0.2, 0) is 0 Å². The molecule has 3 aromatic rings. The largest absolute Gasteiger partial charge is 0.309 e. The van der Waals surface area contributed by atoms with Crippen LogP contribution in [0.2, 0.25) is 0 Å². The van der Waals surface area contributed by atoms with E-state index < -0.39 is 0 Å². The summed E-state index contributed by atoms with van der Waals surface area (Å²) in [6, 6.07) is 9.36. The molecule has 0 bridgehead atoms. The van der Waals surface area contributed by atoms with Gasteiger partial charge in [-0.3, -0.25) is 4.79 Å². The van der Waals surface area contributed by atoms with E-state index in [0.717, 1.165) is 0 Å². The quantitative estimate of drug-likeness (QED) is 0.583. The van der Waals surface area contributed by atoms with Gasteiger partial charge in [0.2, 0.25) is 0 Å².